The van der Waals surface area contributed by atoms with Crippen LogP contribution in [0.2, 0.25) is 0 Å². The summed E-state index contributed by atoms with van der Waals surface area (Å²) in [6.45, 7) is 3.82. The number of hydrogen-bond acceptors (Lipinski definition) is 6. The van der Waals surface area contributed by atoms with Gasteiger partial charge in [-0.3, -0.25) is 19.6 Å². The number of rotatable bonds is 12. The molecule has 0 radical (unpaired) electrons. The van der Waals surface area contributed by atoms with Crippen LogP contribution < -0.4 is 16.5 Å². The molecule has 0 spiro atoms. The zero-order chi connectivity index (χ0) is 21.8. The Morgan fingerprint density at radius 3 is 2.34 bits per heavy atom. The smallest absolute Gasteiger partial charge is 0.248 e. The number of nitrogens with one attached hydrogen (secondary N) is 2. The molecule has 0 bridgehead atoms. The van der Waals surface area contributed by atoms with E-state index in [4.69, 9.17) is 16.2 Å². The number of hydrogen-bond donors (Lipinski definition) is 4. The number of carbonyl (C=O) groups excluding carboxylic acids is 3. The molecule has 5 N–H and O–H groups in total. The van der Waals surface area contributed by atoms with Gasteiger partial charge >= 0.3 is 0 Å². The quantitative estimate of drug-likeness (QED) is 0.227. The molecule has 1 aromatic rings. The molecule has 0 saturated carbocycles. The minimum atomic E-state index is -0.927. The third kappa shape index (κ3) is 8.54. The molecule has 8 nitrogen and oxygen atoms in total. The van der Waals surface area contributed by atoms with Crippen LogP contribution in [0, 0.1) is 29.1 Å². The van der Waals surface area contributed by atoms with Crippen LogP contribution in [0.4, 0.5) is 0 Å². The van der Waals surface area contributed by atoms with Crippen molar-refractivity contribution in [3.63, 3.8) is 0 Å². The van der Waals surface area contributed by atoms with Gasteiger partial charge in [0.2, 0.25) is 17.7 Å². The molecule has 0 fully saturated rings. The van der Waals surface area contributed by atoms with E-state index in [-0.39, 0.29) is 23.8 Å². The number of hydroxylamine groups is 1. The van der Waals surface area contributed by atoms with Crippen LogP contribution in [0.3, 0.4) is 0 Å². The molecule has 3 amide bonds. The van der Waals surface area contributed by atoms with Gasteiger partial charge in [-0.05, 0) is 17.9 Å². The van der Waals surface area contributed by atoms with Crippen LogP contribution in [-0.2, 0) is 20.8 Å². The summed E-state index contributed by atoms with van der Waals surface area (Å²) >= 11 is 1.20. The first-order chi connectivity index (χ1) is 13.8. The van der Waals surface area contributed by atoms with Crippen LogP contribution in [0.15, 0.2) is 30.3 Å². The van der Waals surface area contributed by atoms with Crippen molar-refractivity contribution in [2.45, 2.75) is 32.7 Å². The molecule has 0 aromatic heterocycles. The van der Waals surface area contributed by atoms with E-state index in [1.165, 1.54) is 11.8 Å². The summed E-state index contributed by atoms with van der Waals surface area (Å²) in [4.78, 5) is 37.1. The van der Waals surface area contributed by atoms with Gasteiger partial charge in [0.25, 0.3) is 0 Å². The van der Waals surface area contributed by atoms with Crippen molar-refractivity contribution >= 4 is 29.5 Å². The first kappa shape index (κ1) is 24.5. The van der Waals surface area contributed by atoms with Crippen molar-refractivity contribution in [1.29, 1.82) is 5.26 Å². The number of nitrogens with two attached hydrogens (primary N) is 1. The molecule has 0 saturated heterocycles. The van der Waals surface area contributed by atoms with Crippen molar-refractivity contribution in [2.75, 3.05) is 11.5 Å². The van der Waals surface area contributed by atoms with Gasteiger partial charge in [0, 0.05) is 12.2 Å². The lowest BCUT2D eigenvalue weighted by atomic mass is 9.84. The van der Waals surface area contributed by atoms with Gasteiger partial charge in [-0.15, -0.1) is 11.8 Å². The fourth-order valence-electron chi connectivity index (χ4n) is 3.00. The predicted octanol–water partition coefficient (Wildman–Crippen LogP) is 1.24. The fourth-order valence-corrected chi connectivity index (χ4v) is 3.85. The van der Waals surface area contributed by atoms with Gasteiger partial charge in [-0.2, -0.15) is 5.26 Å². The number of thioether (sulfide) groups is 1. The van der Waals surface area contributed by atoms with Crippen molar-refractivity contribution in [1.82, 2.24) is 10.8 Å². The Kier molecular flexibility index (Phi) is 10.8. The van der Waals surface area contributed by atoms with E-state index in [0.717, 1.165) is 5.56 Å². The Morgan fingerprint density at radius 2 is 1.83 bits per heavy atom. The maximum atomic E-state index is 13.0. The monoisotopic (exact) mass is 420 g/mol. The summed E-state index contributed by atoms with van der Waals surface area (Å²) in [5.74, 6) is -3.07. The highest BCUT2D eigenvalue weighted by atomic mass is 32.2. The molecule has 9 heteroatoms. The number of carbonyl (C=O) groups is 3. The first-order valence-electron chi connectivity index (χ1n) is 9.32. The summed E-state index contributed by atoms with van der Waals surface area (Å²) in [7, 11) is 0. The van der Waals surface area contributed by atoms with Crippen LogP contribution >= 0.6 is 11.8 Å². The number of amides is 3. The van der Waals surface area contributed by atoms with Gasteiger partial charge in [0.05, 0.1) is 23.7 Å². The second-order valence-electron chi connectivity index (χ2n) is 7.15. The lowest BCUT2D eigenvalue weighted by molar-refractivity contribution is -0.140. The highest BCUT2D eigenvalue weighted by Gasteiger charge is 2.35. The average molecular weight is 421 g/mol. The Hall–Kier alpha value is -2.57. The standard InChI is InChI=1S/C20H28N4O4S/c1-13(2)10-15(16(20(27)24-28)12-29-9-8-21)19(26)23-17(18(22)25)11-14-6-4-3-5-7-14/h3-7,13,15-17,28H,9-12H2,1-2H3,(H2,22,25)(H,23,26)(H,24,27)/t15-,16+,17+/m1/s1. The van der Waals surface area contributed by atoms with Gasteiger partial charge in [-0.25, -0.2) is 5.48 Å². The van der Waals surface area contributed by atoms with Crippen LogP contribution in [0.5, 0.6) is 0 Å². The summed E-state index contributed by atoms with van der Waals surface area (Å²) < 4.78 is 0. The normalized spacial score (nSPS) is 13.8. The van der Waals surface area contributed by atoms with Crippen molar-refractivity contribution < 1.29 is 19.6 Å². The molecular formula is C20H28N4O4S. The summed E-state index contributed by atoms with van der Waals surface area (Å²) in [6.07, 6.45) is 0.601. The molecule has 158 valence electrons. The highest BCUT2D eigenvalue weighted by Crippen LogP contribution is 2.25. The SMILES string of the molecule is CC(C)C[C@@H](C(=O)N[C@@H](Cc1ccccc1)C(N)=O)[C@H](CSCC#N)C(=O)NO. The predicted molar refractivity (Wildman–Crippen MR) is 111 cm³/mol. The average Bonchev–Trinajstić information content (AvgIpc) is 2.69. The molecule has 0 aliphatic heterocycles. The van der Waals surface area contributed by atoms with E-state index in [9.17, 15) is 14.4 Å². The van der Waals surface area contributed by atoms with E-state index in [0.29, 0.717) is 6.42 Å². The Morgan fingerprint density at radius 1 is 1.17 bits per heavy atom. The van der Waals surface area contributed by atoms with E-state index < -0.39 is 35.6 Å². The van der Waals surface area contributed by atoms with Crippen LogP contribution in [0.25, 0.3) is 0 Å². The maximum absolute atomic E-state index is 13.0. The minimum absolute atomic E-state index is 0.0851. The number of primary amides is 1. The van der Waals surface area contributed by atoms with Crippen molar-refractivity contribution in [3.05, 3.63) is 35.9 Å². The van der Waals surface area contributed by atoms with Gasteiger partial charge < -0.3 is 11.1 Å². The molecular weight excluding hydrogens is 392 g/mol. The molecule has 29 heavy (non-hydrogen) atoms. The molecule has 1 rings (SSSR count). The first-order valence-corrected chi connectivity index (χ1v) is 10.5. The number of nitriles is 1. The lowest BCUT2D eigenvalue weighted by Crippen LogP contribution is -2.51. The Labute approximate surface area is 175 Å². The van der Waals surface area contributed by atoms with E-state index in [2.05, 4.69) is 5.32 Å². The summed E-state index contributed by atoms with van der Waals surface area (Å²) in [6, 6.07) is 10.2. The van der Waals surface area contributed by atoms with Gasteiger partial charge in [0.1, 0.15) is 6.04 Å². The highest BCUT2D eigenvalue weighted by molar-refractivity contribution is 7.99. The molecule has 0 heterocycles. The van der Waals surface area contributed by atoms with Gasteiger partial charge in [-0.1, -0.05) is 44.2 Å². The van der Waals surface area contributed by atoms with Gasteiger partial charge in [0.15, 0.2) is 0 Å². The molecule has 3 atom stereocenters. The zero-order valence-electron chi connectivity index (χ0n) is 16.6. The minimum Gasteiger partial charge on any atom is -0.368 e. The topological polar surface area (TPSA) is 145 Å². The summed E-state index contributed by atoms with van der Waals surface area (Å²) in [5, 5.41) is 20.5. The molecule has 0 unspecified atom stereocenters. The second-order valence-corrected chi connectivity index (χ2v) is 8.18. The molecule has 1 aromatic carbocycles. The lowest BCUT2D eigenvalue weighted by Gasteiger charge is -2.27. The largest absolute Gasteiger partial charge is 0.368 e. The summed E-state index contributed by atoms with van der Waals surface area (Å²) in [5.41, 5.74) is 7.93. The Bertz CT molecular complexity index is 721. The van der Waals surface area contributed by atoms with Crippen molar-refractivity contribution in [2.24, 2.45) is 23.5 Å². The fraction of sp³-hybridized carbons (Fsp3) is 0.500. The van der Waals surface area contributed by atoms with E-state index >= 15 is 0 Å². The number of benzene rings is 1. The second kappa shape index (κ2) is 12.8. The van der Waals surface area contributed by atoms with Crippen LogP contribution in [0.1, 0.15) is 25.8 Å². The molecule has 0 aliphatic carbocycles. The van der Waals surface area contributed by atoms with E-state index in [1.807, 2.05) is 50.2 Å². The van der Waals surface area contributed by atoms with E-state index in [1.54, 1.807) is 5.48 Å². The third-order valence-electron chi connectivity index (χ3n) is 4.40. The van der Waals surface area contributed by atoms with Crippen molar-refractivity contribution in [3.8, 4) is 6.07 Å². The zero-order valence-corrected chi connectivity index (χ0v) is 17.4. The maximum Gasteiger partial charge on any atom is 0.248 e. The molecule has 0 aliphatic rings. The van der Waals surface area contributed by atoms with Crippen LogP contribution in [-0.4, -0.2) is 40.5 Å². The Balaban J connectivity index is 3.02. The number of nitrogens with zero attached hydrogens (tertiary/aromatic N) is 1. The third-order valence-corrected chi connectivity index (χ3v) is 5.33.